The summed E-state index contributed by atoms with van der Waals surface area (Å²) in [5, 5.41) is 11.4. The van der Waals surface area contributed by atoms with E-state index < -0.39 is 12.2 Å². The second-order valence-electron chi connectivity index (χ2n) is 8.84. The third kappa shape index (κ3) is 3.01. The topological polar surface area (TPSA) is 53.0 Å². The van der Waals surface area contributed by atoms with E-state index in [4.69, 9.17) is 17.0 Å². The first-order chi connectivity index (χ1) is 13.6. The van der Waals surface area contributed by atoms with E-state index >= 15 is 0 Å². The molecule has 2 bridgehead atoms. The Kier molecular flexibility index (Phi) is 4.79. The number of hydrogen-bond donors (Lipinski definition) is 1. The summed E-state index contributed by atoms with van der Waals surface area (Å²) in [6.45, 7) is 1.62. The van der Waals surface area contributed by atoms with Gasteiger partial charge in [0.1, 0.15) is 6.10 Å². The third-order valence-corrected chi connectivity index (χ3v) is 7.58. The van der Waals surface area contributed by atoms with E-state index in [0.717, 1.165) is 11.7 Å². The van der Waals surface area contributed by atoms with Gasteiger partial charge in [-0.1, -0.05) is 49.6 Å². The maximum atomic E-state index is 12.5. The zero-order chi connectivity index (χ0) is 19.3. The fourth-order valence-corrected chi connectivity index (χ4v) is 6.17. The Bertz CT molecular complexity index is 751. The van der Waals surface area contributed by atoms with Crippen LogP contribution in [-0.4, -0.2) is 56.8 Å². The fourth-order valence-electron chi connectivity index (χ4n) is 5.78. The number of hydrogen-bond acceptors (Lipinski definition) is 4. The number of rotatable bonds is 4. The fraction of sp³-hybridized carbons (Fsp3) is 0.636. The molecule has 0 radical (unpaired) electrons. The number of nitrogens with zero attached hydrogens (tertiary/aromatic N) is 2. The van der Waals surface area contributed by atoms with E-state index in [1.54, 1.807) is 0 Å². The van der Waals surface area contributed by atoms with Crippen molar-refractivity contribution in [1.82, 2.24) is 9.80 Å². The van der Waals surface area contributed by atoms with Gasteiger partial charge in [-0.3, -0.25) is 4.79 Å². The highest BCUT2D eigenvalue weighted by molar-refractivity contribution is 7.80. The van der Waals surface area contributed by atoms with E-state index in [-0.39, 0.29) is 24.0 Å². The van der Waals surface area contributed by atoms with E-state index in [1.807, 2.05) is 18.2 Å². The average Bonchev–Trinajstić information content (AvgIpc) is 2.98. The normalized spacial score (nSPS) is 35.2. The quantitative estimate of drug-likeness (QED) is 0.620. The minimum absolute atomic E-state index is 0.0350. The summed E-state index contributed by atoms with van der Waals surface area (Å²) in [6.07, 6.45) is 5.82. The van der Waals surface area contributed by atoms with Crippen LogP contribution in [0.25, 0.3) is 0 Å². The van der Waals surface area contributed by atoms with E-state index in [1.165, 1.54) is 37.7 Å². The smallest absolute Gasteiger partial charge is 0.311 e. The van der Waals surface area contributed by atoms with Gasteiger partial charge >= 0.3 is 5.97 Å². The summed E-state index contributed by atoms with van der Waals surface area (Å²) < 4.78 is 5.65. The molecular formula is C22H28N2O3S. The van der Waals surface area contributed by atoms with Crippen LogP contribution in [-0.2, 0) is 16.1 Å². The Morgan fingerprint density at radius 3 is 2.57 bits per heavy atom. The van der Waals surface area contributed by atoms with Crippen LogP contribution in [0.2, 0.25) is 0 Å². The number of aliphatic hydroxyl groups is 1. The molecule has 3 saturated heterocycles. The molecule has 1 aromatic rings. The molecule has 0 spiro atoms. The molecule has 5 nitrogen and oxygen atoms in total. The molecule has 28 heavy (non-hydrogen) atoms. The van der Waals surface area contributed by atoms with Gasteiger partial charge in [-0.25, -0.2) is 0 Å². The van der Waals surface area contributed by atoms with Crippen molar-refractivity contribution in [2.24, 2.45) is 11.8 Å². The molecule has 0 amide bonds. The highest BCUT2D eigenvalue weighted by Gasteiger charge is 2.62. The third-order valence-electron chi connectivity index (χ3n) is 7.11. The van der Waals surface area contributed by atoms with E-state index in [0.29, 0.717) is 18.9 Å². The number of benzene rings is 1. The lowest BCUT2D eigenvalue weighted by atomic mass is 9.74. The van der Waals surface area contributed by atoms with Crippen molar-refractivity contribution in [3.8, 4) is 0 Å². The number of aliphatic hydroxyl groups excluding tert-OH is 1. The Balaban J connectivity index is 1.46. The van der Waals surface area contributed by atoms with Gasteiger partial charge in [0.15, 0.2) is 5.11 Å². The molecule has 150 valence electrons. The van der Waals surface area contributed by atoms with Crippen LogP contribution in [0.3, 0.4) is 0 Å². The number of thiocarbonyl (C=S) groups is 1. The Morgan fingerprint density at radius 2 is 1.82 bits per heavy atom. The monoisotopic (exact) mass is 400 g/mol. The van der Waals surface area contributed by atoms with Crippen LogP contribution in [0.5, 0.6) is 0 Å². The lowest BCUT2D eigenvalue weighted by molar-refractivity contribution is -0.199. The largest absolute Gasteiger partial charge is 0.457 e. The minimum Gasteiger partial charge on any atom is -0.457 e. The van der Waals surface area contributed by atoms with E-state index in [2.05, 4.69) is 21.9 Å². The number of esters is 1. The van der Waals surface area contributed by atoms with Crippen LogP contribution < -0.4 is 0 Å². The van der Waals surface area contributed by atoms with Gasteiger partial charge in [0.05, 0.1) is 24.1 Å². The van der Waals surface area contributed by atoms with Crippen molar-refractivity contribution in [2.75, 3.05) is 6.54 Å². The van der Waals surface area contributed by atoms with Gasteiger partial charge < -0.3 is 19.6 Å². The number of fused-ring (bicyclic) bond motifs is 2. The van der Waals surface area contributed by atoms with Crippen LogP contribution >= 0.6 is 12.2 Å². The zero-order valence-electron chi connectivity index (χ0n) is 16.1. The summed E-state index contributed by atoms with van der Waals surface area (Å²) in [5.74, 6) is 0.201. The maximum absolute atomic E-state index is 12.5. The molecular weight excluding hydrogens is 372 g/mol. The first kappa shape index (κ1) is 18.4. The highest BCUT2D eigenvalue weighted by atomic mass is 32.1. The van der Waals surface area contributed by atoms with Gasteiger partial charge in [0.2, 0.25) is 0 Å². The van der Waals surface area contributed by atoms with Crippen LogP contribution in [0.4, 0.5) is 0 Å². The molecule has 5 aliphatic rings. The maximum Gasteiger partial charge on any atom is 0.311 e. The molecule has 5 atom stereocenters. The SMILES string of the molecule is O=C1OC2C(O)CC1C1C2N(Cc2ccccc2)C(=S)N1CC1CCCCC1. The van der Waals surface area contributed by atoms with Crippen molar-refractivity contribution in [3.63, 3.8) is 0 Å². The molecule has 6 rings (SSSR count). The lowest BCUT2D eigenvalue weighted by Gasteiger charge is -2.49. The van der Waals surface area contributed by atoms with Crippen molar-refractivity contribution in [3.05, 3.63) is 35.9 Å². The molecule has 6 heteroatoms. The predicted molar refractivity (Wildman–Crippen MR) is 109 cm³/mol. The molecule has 5 unspecified atom stereocenters. The van der Waals surface area contributed by atoms with E-state index in [9.17, 15) is 9.90 Å². The highest BCUT2D eigenvalue weighted by Crippen LogP contribution is 2.45. The standard InChI is InChI=1S/C22H28N2O3S/c25-17-11-16-18-19(20(17)27-21(16)26)24(13-15-9-5-2-6-10-15)22(28)23(18)12-14-7-3-1-4-8-14/h2,5-6,9-10,14,16-20,25H,1,3-4,7-8,11-13H2. The summed E-state index contributed by atoms with van der Waals surface area (Å²) in [6, 6.07) is 10.3. The van der Waals surface area contributed by atoms with Gasteiger partial charge in [0.25, 0.3) is 0 Å². The Hall–Kier alpha value is -1.66. The summed E-state index contributed by atoms with van der Waals surface area (Å²) >= 11 is 5.96. The van der Waals surface area contributed by atoms with Crippen LogP contribution in [0.1, 0.15) is 44.1 Å². The van der Waals surface area contributed by atoms with Crippen LogP contribution in [0, 0.1) is 11.8 Å². The summed E-state index contributed by atoms with van der Waals surface area (Å²) in [5.41, 5.74) is 1.19. The average molecular weight is 401 g/mol. The molecule has 2 aliphatic carbocycles. The second kappa shape index (κ2) is 7.30. The van der Waals surface area contributed by atoms with Gasteiger partial charge in [0, 0.05) is 13.1 Å². The first-order valence-electron chi connectivity index (χ1n) is 10.6. The first-order valence-corrected chi connectivity index (χ1v) is 11.0. The molecule has 3 aliphatic heterocycles. The molecule has 0 aromatic heterocycles. The van der Waals surface area contributed by atoms with Crippen LogP contribution in [0.15, 0.2) is 30.3 Å². The molecule has 2 saturated carbocycles. The summed E-state index contributed by atoms with van der Waals surface area (Å²) in [4.78, 5) is 17.1. The Morgan fingerprint density at radius 1 is 1.07 bits per heavy atom. The Labute approximate surface area is 171 Å². The molecule has 1 N–H and O–H groups in total. The number of carbonyl (C=O) groups excluding carboxylic acids is 1. The zero-order valence-corrected chi connectivity index (χ0v) is 16.9. The number of carbonyl (C=O) groups is 1. The van der Waals surface area contributed by atoms with Crippen molar-refractivity contribution in [2.45, 2.75) is 69.4 Å². The lowest BCUT2D eigenvalue weighted by Crippen LogP contribution is -2.66. The van der Waals surface area contributed by atoms with Gasteiger partial charge in [-0.15, -0.1) is 0 Å². The van der Waals surface area contributed by atoms with Crippen molar-refractivity contribution < 1.29 is 14.6 Å². The minimum atomic E-state index is -0.598. The van der Waals surface area contributed by atoms with Crippen molar-refractivity contribution >= 4 is 23.3 Å². The second-order valence-corrected chi connectivity index (χ2v) is 9.21. The molecule has 1 aromatic carbocycles. The molecule has 3 heterocycles. The van der Waals surface area contributed by atoms with Crippen molar-refractivity contribution in [1.29, 1.82) is 0 Å². The summed E-state index contributed by atoms with van der Waals surface area (Å²) in [7, 11) is 0. The van der Waals surface area contributed by atoms with Gasteiger partial charge in [-0.05, 0) is 43.0 Å². The van der Waals surface area contributed by atoms with Gasteiger partial charge in [-0.2, -0.15) is 0 Å². The number of ether oxygens (including phenoxy) is 1. The molecule has 5 fully saturated rings. The predicted octanol–water partition coefficient (Wildman–Crippen LogP) is 2.71.